The second-order valence-corrected chi connectivity index (χ2v) is 5.48. The van der Waals surface area contributed by atoms with Crippen molar-refractivity contribution in [3.63, 3.8) is 0 Å². The maximum atomic E-state index is 12.4. The Morgan fingerprint density at radius 3 is 2.67 bits per heavy atom. The van der Waals surface area contributed by atoms with Crippen LogP contribution in [-0.4, -0.2) is 53.7 Å². The molecule has 0 unspecified atom stereocenters. The second kappa shape index (κ2) is 5.82. The number of carbonyl (C=O) groups excluding carboxylic acids is 1. The Bertz CT molecular complexity index is 426. The maximum absolute atomic E-state index is 12.4. The van der Waals surface area contributed by atoms with Crippen LogP contribution in [0.5, 0.6) is 0 Å². The van der Waals surface area contributed by atoms with Crippen LogP contribution in [0, 0.1) is 0 Å². The van der Waals surface area contributed by atoms with Crippen molar-refractivity contribution in [1.29, 1.82) is 0 Å². The molecular weight excluding hydrogens is 252 g/mol. The molecule has 1 aromatic heterocycles. The van der Waals surface area contributed by atoms with Crippen LogP contribution in [0.25, 0.3) is 0 Å². The zero-order valence-electron chi connectivity index (χ0n) is 11.6. The molecule has 0 radical (unpaired) electrons. The molecule has 0 bridgehead atoms. The maximum Gasteiger partial charge on any atom is 0.201 e. The Labute approximate surface area is 113 Å². The summed E-state index contributed by atoms with van der Waals surface area (Å²) in [7, 11) is 5.71. The summed E-state index contributed by atoms with van der Waals surface area (Å²) in [5, 5.41) is 7.56. The van der Waals surface area contributed by atoms with Crippen molar-refractivity contribution in [2.75, 3.05) is 27.7 Å². The fraction of sp³-hybridized carbons (Fsp3) is 0.667. The predicted octanol–water partition coefficient (Wildman–Crippen LogP) is 1.28. The molecule has 1 rings (SSSR count). The molecule has 1 heterocycles. The number of Topliss-reactive ketones (excluding diaryl/α,β-unsaturated/α-hetero) is 1. The van der Waals surface area contributed by atoms with Crippen molar-refractivity contribution >= 4 is 17.4 Å². The summed E-state index contributed by atoms with van der Waals surface area (Å²) in [5.74, 6) is -0.0498. The lowest BCUT2D eigenvalue weighted by Gasteiger charge is -2.23. The van der Waals surface area contributed by atoms with Crippen molar-refractivity contribution in [3.05, 3.63) is 16.9 Å². The van der Waals surface area contributed by atoms with E-state index in [1.165, 1.54) is 6.20 Å². The lowest BCUT2D eigenvalue weighted by Crippen LogP contribution is -2.45. The third-order valence-electron chi connectivity index (χ3n) is 2.96. The average molecular weight is 273 g/mol. The van der Waals surface area contributed by atoms with E-state index in [1.807, 2.05) is 32.8 Å². The molecule has 0 atom stereocenters. The third-order valence-corrected chi connectivity index (χ3v) is 3.24. The minimum atomic E-state index is -0.653. The summed E-state index contributed by atoms with van der Waals surface area (Å²) < 4.78 is 1.67. The molecule has 1 aromatic rings. The zero-order valence-corrected chi connectivity index (χ0v) is 12.4. The average Bonchev–Trinajstić information content (AvgIpc) is 2.66. The van der Waals surface area contributed by atoms with E-state index in [2.05, 4.69) is 10.4 Å². The van der Waals surface area contributed by atoms with Crippen LogP contribution >= 0.6 is 11.6 Å². The number of halogens is 1. The van der Waals surface area contributed by atoms with Crippen LogP contribution in [0.3, 0.4) is 0 Å². The van der Waals surface area contributed by atoms with E-state index in [9.17, 15) is 4.79 Å². The molecule has 0 spiro atoms. The number of likely N-dealkylation sites (N-methyl/N-ethyl adjacent to an activating group) is 2. The molecule has 18 heavy (non-hydrogen) atoms. The lowest BCUT2D eigenvalue weighted by atomic mass is 9.97. The van der Waals surface area contributed by atoms with Gasteiger partial charge in [-0.05, 0) is 35.0 Å². The summed E-state index contributed by atoms with van der Waals surface area (Å²) in [4.78, 5) is 14.5. The molecule has 102 valence electrons. The highest BCUT2D eigenvalue weighted by atomic mass is 35.5. The molecule has 0 aliphatic heterocycles. The van der Waals surface area contributed by atoms with Gasteiger partial charge in [0.15, 0.2) is 0 Å². The standard InChI is InChI=1S/C12H21ClN4O/c1-12(2,14-3)11(18)10-9(13)8-15-17(10)7-6-16(4)5/h8,14H,6-7H2,1-5H3. The van der Waals surface area contributed by atoms with Gasteiger partial charge in [0, 0.05) is 6.54 Å². The number of carbonyl (C=O) groups is 1. The quantitative estimate of drug-likeness (QED) is 0.793. The number of nitrogens with zero attached hydrogens (tertiary/aromatic N) is 3. The highest BCUT2D eigenvalue weighted by Crippen LogP contribution is 2.20. The Balaban J connectivity index is 3.01. The summed E-state index contributed by atoms with van der Waals surface area (Å²) in [6.45, 7) is 5.10. The van der Waals surface area contributed by atoms with Crippen molar-refractivity contribution < 1.29 is 4.79 Å². The molecule has 0 aliphatic rings. The first-order chi connectivity index (χ1) is 8.29. The number of hydrogen-bond donors (Lipinski definition) is 1. The van der Waals surface area contributed by atoms with Crippen molar-refractivity contribution in [3.8, 4) is 0 Å². The smallest absolute Gasteiger partial charge is 0.201 e. The van der Waals surface area contributed by atoms with Gasteiger partial charge in [-0.1, -0.05) is 11.6 Å². The van der Waals surface area contributed by atoms with E-state index < -0.39 is 5.54 Å². The van der Waals surface area contributed by atoms with Gasteiger partial charge in [0.1, 0.15) is 5.69 Å². The van der Waals surface area contributed by atoms with Gasteiger partial charge in [0.25, 0.3) is 0 Å². The summed E-state index contributed by atoms with van der Waals surface area (Å²) in [6, 6.07) is 0. The predicted molar refractivity (Wildman–Crippen MR) is 73.3 cm³/mol. The Hall–Kier alpha value is -0.910. The molecule has 5 nitrogen and oxygen atoms in total. The molecule has 6 heteroatoms. The van der Waals surface area contributed by atoms with Crippen molar-refractivity contribution in [2.24, 2.45) is 0 Å². The van der Waals surface area contributed by atoms with Crippen LogP contribution in [0.1, 0.15) is 24.3 Å². The van der Waals surface area contributed by atoms with E-state index in [0.29, 0.717) is 17.3 Å². The first kappa shape index (κ1) is 15.1. The highest BCUT2D eigenvalue weighted by molar-refractivity contribution is 6.34. The first-order valence-electron chi connectivity index (χ1n) is 5.89. The number of nitrogens with one attached hydrogen (secondary N) is 1. The number of ketones is 1. The fourth-order valence-corrected chi connectivity index (χ4v) is 1.69. The number of aromatic nitrogens is 2. The molecule has 0 amide bonds. The van der Waals surface area contributed by atoms with Gasteiger partial charge in [0.2, 0.25) is 5.78 Å². The molecule has 0 fully saturated rings. The first-order valence-corrected chi connectivity index (χ1v) is 6.27. The molecular formula is C12H21ClN4O. The molecule has 0 aliphatic carbocycles. The minimum Gasteiger partial charge on any atom is -0.308 e. The van der Waals surface area contributed by atoms with Gasteiger partial charge in [-0.3, -0.25) is 9.48 Å². The van der Waals surface area contributed by atoms with E-state index >= 15 is 0 Å². The van der Waals surface area contributed by atoms with Crippen molar-refractivity contribution in [1.82, 2.24) is 20.0 Å². The number of rotatable bonds is 6. The van der Waals surface area contributed by atoms with E-state index in [1.54, 1.807) is 11.7 Å². The van der Waals surface area contributed by atoms with Gasteiger partial charge < -0.3 is 10.2 Å². The Morgan fingerprint density at radius 2 is 2.17 bits per heavy atom. The minimum absolute atomic E-state index is 0.0498. The number of hydrogen-bond acceptors (Lipinski definition) is 4. The Kier molecular flexibility index (Phi) is 4.90. The monoisotopic (exact) mass is 272 g/mol. The summed E-state index contributed by atoms with van der Waals surface area (Å²) in [5.41, 5.74) is -0.183. The van der Waals surface area contributed by atoms with Crippen LogP contribution in [0.2, 0.25) is 5.02 Å². The zero-order chi connectivity index (χ0) is 13.9. The van der Waals surface area contributed by atoms with Crippen LogP contribution < -0.4 is 5.32 Å². The van der Waals surface area contributed by atoms with Gasteiger partial charge in [0.05, 0.1) is 23.3 Å². The molecule has 0 saturated heterocycles. The SMILES string of the molecule is CNC(C)(C)C(=O)c1c(Cl)cnn1CCN(C)C. The topological polar surface area (TPSA) is 50.2 Å². The van der Waals surface area contributed by atoms with Gasteiger partial charge in [-0.2, -0.15) is 5.10 Å². The lowest BCUT2D eigenvalue weighted by molar-refractivity contribution is 0.0877. The summed E-state index contributed by atoms with van der Waals surface area (Å²) in [6.07, 6.45) is 1.52. The molecule has 0 aromatic carbocycles. The third kappa shape index (κ3) is 3.31. The van der Waals surface area contributed by atoms with Crippen LogP contribution in [-0.2, 0) is 6.54 Å². The molecule has 1 N–H and O–H groups in total. The summed E-state index contributed by atoms with van der Waals surface area (Å²) >= 11 is 6.07. The second-order valence-electron chi connectivity index (χ2n) is 5.07. The van der Waals surface area contributed by atoms with E-state index in [-0.39, 0.29) is 5.78 Å². The van der Waals surface area contributed by atoms with Crippen molar-refractivity contribution in [2.45, 2.75) is 25.9 Å². The highest BCUT2D eigenvalue weighted by Gasteiger charge is 2.31. The normalized spacial score (nSPS) is 12.2. The van der Waals surface area contributed by atoms with Crippen LogP contribution in [0.4, 0.5) is 0 Å². The van der Waals surface area contributed by atoms with Gasteiger partial charge in [-0.15, -0.1) is 0 Å². The van der Waals surface area contributed by atoms with E-state index in [0.717, 1.165) is 6.54 Å². The fourth-order valence-electron chi connectivity index (χ4n) is 1.46. The molecule has 0 saturated carbocycles. The van der Waals surface area contributed by atoms with Gasteiger partial charge >= 0.3 is 0 Å². The largest absolute Gasteiger partial charge is 0.308 e. The van der Waals surface area contributed by atoms with Crippen LogP contribution in [0.15, 0.2) is 6.20 Å². The van der Waals surface area contributed by atoms with Gasteiger partial charge in [-0.25, -0.2) is 0 Å². The van der Waals surface area contributed by atoms with E-state index in [4.69, 9.17) is 11.6 Å². The Morgan fingerprint density at radius 1 is 1.56 bits per heavy atom.